The number of halogens is 3. The SMILES string of the molecule is CC(=O)N1C[C@H]2CN(Cc3ccc(OC(F)(F)F)cc3)CC[C@@]2(c2n[nH]c(C)n2)C1. The number of benzene rings is 1. The van der Waals surface area contributed by atoms with Crippen molar-refractivity contribution in [3.05, 3.63) is 41.5 Å². The second-order valence-electron chi connectivity index (χ2n) is 8.17. The lowest BCUT2D eigenvalue weighted by Crippen LogP contribution is -2.49. The second-order valence-corrected chi connectivity index (χ2v) is 8.17. The van der Waals surface area contributed by atoms with Crippen molar-refractivity contribution in [2.75, 3.05) is 26.2 Å². The zero-order chi connectivity index (χ0) is 21.5. The number of ether oxygens (including phenoxy) is 1. The first kappa shape index (κ1) is 20.6. The minimum Gasteiger partial charge on any atom is -0.406 e. The Morgan fingerprint density at radius 1 is 1.30 bits per heavy atom. The Hall–Kier alpha value is -2.62. The van der Waals surface area contributed by atoms with Gasteiger partial charge in [-0.3, -0.25) is 14.8 Å². The first-order chi connectivity index (χ1) is 14.1. The number of hydrogen-bond donors (Lipinski definition) is 1. The Morgan fingerprint density at radius 3 is 2.63 bits per heavy atom. The van der Waals surface area contributed by atoms with Crippen LogP contribution in [-0.2, 0) is 16.8 Å². The van der Waals surface area contributed by atoms with Crippen LogP contribution in [0.1, 0.15) is 30.6 Å². The Bertz CT molecular complexity index is 914. The molecule has 2 saturated heterocycles. The van der Waals surface area contributed by atoms with E-state index < -0.39 is 6.36 Å². The van der Waals surface area contributed by atoms with Crippen LogP contribution in [0.3, 0.4) is 0 Å². The molecule has 0 bridgehead atoms. The van der Waals surface area contributed by atoms with Gasteiger partial charge in [-0.1, -0.05) is 12.1 Å². The van der Waals surface area contributed by atoms with E-state index in [0.29, 0.717) is 19.6 Å². The fourth-order valence-electron chi connectivity index (χ4n) is 4.62. The molecular formula is C20H24F3N5O2. The predicted molar refractivity (Wildman–Crippen MR) is 102 cm³/mol. The number of carbonyl (C=O) groups is 1. The topological polar surface area (TPSA) is 74.3 Å². The molecule has 2 fully saturated rings. The lowest BCUT2D eigenvalue weighted by molar-refractivity contribution is -0.274. The van der Waals surface area contributed by atoms with Gasteiger partial charge < -0.3 is 9.64 Å². The normalized spacial score (nSPS) is 24.7. The van der Waals surface area contributed by atoms with Gasteiger partial charge in [0, 0.05) is 39.0 Å². The van der Waals surface area contributed by atoms with Crippen LogP contribution in [0.25, 0.3) is 0 Å². The first-order valence-electron chi connectivity index (χ1n) is 9.87. The number of alkyl halides is 3. The number of aromatic amines is 1. The summed E-state index contributed by atoms with van der Waals surface area (Å²) in [7, 11) is 0. The number of amides is 1. The minimum atomic E-state index is -4.69. The Labute approximate surface area is 172 Å². The molecule has 1 aromatic carbocycles. The van der Waals surface area contributed by atoms with Crippen molar-refractivity contribution >= 4 is 5.91 Å². The zero-order valence-corrected chi connectivity index (χ0v) is 16.9. The molecule has 0 unspecified atom stereocenters. The molecule has 2 aliphatic rings. The number of piperidine rings is 1. The summed E-state index contributed by atoms with van der Waals surface area (Å²) in [5, 5.41) is 7.34. The van der Waals surface area contributed by atoms with Crippen molar-refractivity contribution in [3.63, 3.8) is 0 Å². The third kappa shape index (κ3) is 4.14. The standard InChI is InChI=1S/C20H24F3N5O2/c1-13-24-18(26-25-13)19-7-8-27(10-16(19)11-28(12-19)14(2)29)9-15-3-5-17(6-4-15)30-20(21,22)23/h3-6,16H,7-12H2,1-2H3,(H,24,25,26)/t16-,19-/m1/s1. The molecule has 1 aromatic heterocycles. The quantitative estimate of drug-likeness (QED) is 0.819. The van der Waals surface area contributed by atoms with Crippen LogP contribution in [0.5, 0.6) is 5.75 Å². The number of hydrogen-bond acceptors (Lipinski definition) is 5. The molecule has 7 nitrogen and oxygen atoms in total. The van der Waals surface area contributed by atoms with E-state index in [-0.39, 0.29) is 23.0 Å². The van der Waals surface area contributed by atoms with Crippen LogP contribution in [0.2, 0.25) is 0 Å². The fraction of sp³-hybridized carbons (Fsp3) is 0.550. The van der Waals surface area contributed by atoms with Crippen molar-refractivity contribution in [2.24, 2.45) is 5.92 Å². The molecule has 10 heteroatoms. The summed E-state index contributed by atoms with van der Waals surface area (Å²) in [5.41, 5.74) is 0.643. The highest BCUT2D eigenvalue weighted by molar-refractivity contribution is 5.74. The molecule has 4 rings (SSSR count). The van der Waals surface area contributed by atoms with Crippen LogP contribution in [0.15, 0.2) is 24.3 Å². The van der Waals surface area contributed by atoms with Crippen LogP contribution in [-0.4, -0.2) is 63.4 Å². The molecule has 0 radical (unpaired) electrons. The number of fused-ring (bicyclic) bond motifs is 1. The van der Waals surface area contributed by atoms with Gasteiger partial charge in [0.2, 0.25) is 5.91 Å². The van der Waals surface area contributed by atoms with E-state index in [0.717, 1.165) is 36.7 Å². The van der Waals surface area contributed by atoms with Crippen LogP contribution in [0, 0.1) is 12.8 Å². The van der Waals surface area contributed by atoms with E-state index in [2.05, 4.69) is 24.8 Å². The Morgan fingerprint density at radius 2 is 2.03 bits per heavy atom. The lowest BCUT2D eigenvalue weighted by atomic mass is 9.72. The summed E-state index contributed by atoms with van der Waals surface area (Å²) < 4.78 is 40.9. The summed E-state index contributed by atoms with van der Waals surface area (Å²) in [5.74, 6) is 1.53. The van der Waals surface area contributed by atoms with Crippen molar-refractivity contribution in [2.45, 2.75) is 38.6 Å². The van der Waals surface area contributed by atoms with Crippen molar-refractivity contribution in [3.8, 4) is 5.75 Å². The molecule has 2 aromatic rings. The number of nitrogens with one attached hydrogen (secondary N) is 1. The summed E-state index contributed by atoms with van der Waals surface area (Å²) in [6.45, 7) is 6.87. The predicted octanol–water partition coefficient (Wildman–Crippen LogP) is 2.63. The van der Waals surface area contributed by atoms with Gasteiger partial charge in [-0.25, -0.2) is 4.98 Å². The van der Waals surface area contributed by atoms with E-state index in [4.69, 9.17) is 0 Å². The molecule has 1 amide bonds. The summed E-state index contributed by atoms with van der Waals surface area (Å²) in [6, 6.07) is 5.97. The number of aryl methyl sites for hydroxylation is 1. The molecule has 2 aliphatic heterocycles. The molecule has 0 aliphatic carbocycles. The zero-order valence-electron chi connectivity index (χ0n) is 16.9. The van der Waals surface area contributed by atoms with Gasteiger partial charge in [0.25, 0.3) is 0 Å². The lowest BCUT2D eigenvalue weighted by Gasteiger charge is -2.41. The molecule has 30 heavy (non-hydrogen) atoms. The van der Waals surface area contributed by atoms with Gasteiger partial charge in [-0.15, -0.1) is 13.2 Å². The van der Waals surface area contributed by atoms with Crippen molar-refractivity contribution in [1.29, 1.82) is 0 Å². The first-order valence-corrected chi connectivity index (χ1v) is 9.87. The van der Waals surface area contributed by atoms with Gasteiger partial charge >= 0.3 is 6.36 Å². The van der Waals surface area contributed by atoms with Gasteiger partial charge in [0.15, 0.2) is 5.82 Å². The fourth-order valence-corrected chi connectivity index (χ4v) is 4.62. The smallest absolute Gasteiger partial charge is 0.406 e. The highest BCUT2D eigenvalue weighted by Gasteiger charge is 2.53. The second kappa shape index (κ2) is 7.57. The number of H-pyrrole nitrogens is 1. The maximum atomic E-state index is 12.3. The van der Waals surface area contributed by atoms with E-state index in [9.17, 15) is 18.0 Å². The highest BCUT2D eigenvalue weighted by Crippen LogP contribution is 2.44. The highest BCUT2D eigenvalue weighted by atomic mass is 19.4. The summed E-state index contributed by atoms with van der Waals surface area (Å²) in [6.07, 6.45) is -3.88. The monoisotopic (exact) mass is 423 g/mol. The summed E-state index contributed by atoms with van der Waals surface area (Å²) >= 11 is 0. The van der Waals surface area contributed by atoms with Gasteiger partial charge in [-0.05, 0) is 37.6 Å². The molecular weight excluding hydrogens is 399 g/mol. The van der Waals surface area contributed by atoms with Crippen LogP contribution >= 0.6 is 0 Å². The van der Waals surface area contributed by atoms with Gasteiger partial charge in [0.05, 0.1) is 5.41 Å². The van der Waals surface area contributed by atoms with Crippen LogP contribution in [0.4, 0.5) is 13.2 Å². The van der Waals surface area contributed by atoms with Crippen molar-refractivity contribution in [1.82, 2.24) is 25.0 Å². The number of likely N-dealkylation sites (tertiary alicyclic amines) is 2. The Kier molecular flexibility index (Phi) is 5.21. The third-order valence-corrected chi connectivity index (χ3v) is 6.10. The maximum absolute atomic E-state index is 12.3. The maximum Gasteiger partial charge on any atom is 0.573 e. The van der Waals surface area contributed by atoms with Crippen LogP contribution < -0.4 is 4.74 Å². The molecule has 162 valence electrons. The minimum absolute atomic E-state index is 0.0443. The van der Waals surface area contributed by atoms with E-state index in [1.165, 1.54) is 12.1 Å². The van der Waals surface area contributed by atoms with Crippen molar-refractivity contribution < 1.29 is 22.7 Å². The summed E-state index contributed by atoms with van der Waals surface area (Å²) in [4.78, 5) is 20.8. The van der Waals surface area contributed by atoms with Gasteiger partial charge in [-0.2, -0.15) is 5.10 Å². The Balaban J connectivity index is 1.47. The average Bonchev–Trinajstić information content (AvgIpc) is 3.26. The third-order valence-electron chi connectivity index (χ3n) is 6.10. The number of aromatic nitrogens is 3. The molecule has 0 spiro atoms. The molecule has 3 heterocycles. The molecule has 1 N–H and O–H groups in total. The van der Waals surface area contributed by atoms with E-state index in [1.54, 1.807) is 19.1 Å². The molecule has 0 saturated carbocycles. The largest absolute Gasteiger partial charge is 0.573 e. The number of carbonyl (C=O) groups excluding carboxylic acids is 1. The number of rotatable bonds is 4. The number of nitrogens with zero attached hydrogens (tertiary/aromatic N) is 4. The van der Waals surface area contributed by atoms with Gasteiger partial charge in [0.1, 0.15) is 11.6 Å². The van der Waals surface area contributed by atoms with E-state index >= 15 is 0 Å². The molecule has 2 atom stereocenters. The average molecular weight is 423 g/mol. The van der Waals surface area contributed by atoms with E-state index in [1.807, 2.05) is 11.8 Å².